The predicted octanol–water partition coefficient (Wildman–Crippen LogP) is 4.41. The van der Waals surface area contributed by atoms with Crippen LogP contribution < -0.4 is 5.73 Å². The Morgan fingerprint density at radius 3 is 1.64 bits per heavy atom. The van der Waals surface area contributed by atoms with Gasteiger partial charge in [0.2, 0.25) is 0 Å². The fourth-order valence-electron chi connectivity index (χ4n) is 0.587. The summed E-state index contributed by atoms with van der Waals surface area (Å²) in [7, 11) is 0. The van der Waals surface area contributed by atoms with Crippen LogP contribution in [0.5, 0.6) is 0 Å². The molecule has 0 heterocycles. The van der Waals surface area contributed by atoms with Crippen molar-refractivity contribution in [2.75, 3.05) is 5.73 Å². The van der Waals surface area contributed by atoms with Crippen LogP contribution in [-0.4, -0.2) is 0 Å². The van der Waals surface area contributed by atoms with E-state index < -0.39 is 0 Å². The molecule has 1 heteroatoms. The molecule has 0 saturated carbocycles. The first-order chi connectivity index (χ1) is 6.72. The van der Waals surface area contributed by atoms with Crippen molar-refractivity contribution in [3.05, 3.63) is 29.8 Å². The molecule has 2 N–H and O–H groups in total. The maximum Gasteiger partial charge on any atom is 0.0343 e. The molecule has 0 atom stereocenters. The summed E-state index contributed by atoms with van der Waals surface area (Å²) in [4.78, 5) is 0. The molecule has 0 aliphatic rings. The molecule has 0 bridgehead atoms. The summed E-state index contributed by atoms with van der Waals surface area (Å²) in [5, 5.41) is 0. The van der Waals surface area contributed by atoms with E-state index in [1.165, 1.54) is 12.8 Å². The second-order valence-electron chi connectivity index (χ2n) is 2.86. The largest absolute Gasteiger partial charge is 0.399 e. The van der Waals surface area contributed by atoms with E-state index >= 15 is 0 Å². The van der Waals surface area contributed by atoms with Crippen molar-refractivity contribution < 1.29 is 0 Å². The Labute approximate surface area is 89.3 Å². The molecule has 0 aliphatic carbocycles. The molecule has 0 unspecified atom stereocenters. The molecule has 14 heavy (non-hydrogen) atoms. The van der Waals surface area contributed by atoms with Gasteiger partial charge in [0.15, 0.2) is 0 Å². The van der Waals surface area contributed by atoms with Gasteiger partial charge in [-0.25, -0.2) is 0 Å². The van der Waals surface area contributed by atoms with Crippen molar-refractivity contribution in [1.82, 2.24) is 0 Å². The summed E-state index contributed by atoms with van der Waals surface area (Å²) in [6.45, 7) is 10.4. The van der Waals surface area contributed by atoms with E-state index in [1.54, 1.807) is 0 Å². The van der Waals surface area contributed by atoms with E-state index in [2.05, 4.69) is 13.8 Å². The number of para-hydroxylation sites is 1. The van der Waals surface area contributed by atoms with Crippen LogP contribution >= 0.6 is 0 Å². The van der Waals surface area contributed by atoms with Crippen LogP contribution in [0.3, 0.4) is 0 Å². The van der Waals surface area contributed by atoms with Crippen molar-refractivity contribution in [3.63, 3.8) is 0 Å². The van der Waals surface area contributed by atoms with Gasteiger partial charge in [0, 0.05) is 5.69 Å². The third-order valence-corrected chi connectivity index (χ3v) is 1.69. The van der Waals surface area contributed by atoms with E-state index in [-0.39, 0.29) is 0 Å². The zero-order valence-corrected chi connectivity index (χ0v) is 10.3. The van der Waals surface area contributed by atoms with Crippen LogP contribution in [0.1, 0.15) is 46.1 Å². The Morgan fingerprint density at radius 1 is 1.00 bits per heavy atom. The standard InChI is InChI=1S/C7H9N.C4H10.C2H6/c1-6-4-2-3-5-7(6)8;1-3-4-2;1-2/h2-5H,8H2,1H3;3-4H2,1-2H3;1-2H3. The first kappa shape index (κ1) is 15.5. The minimum Gasteiger partial charge on any atom is -0.399 e. The highest BCUT2D eigenvalue weighted by Crippen LogP contribution is 2.06. The molecule has 0 fully saturated rings. The Kier molecular flexibility index (Phi) is 13.3. The molecule has 0 spiro atoms. The van der Waals surface area contributed by atoms with E-state index in [4.69, 9.17) is 5.73 Å². The second-order valence-corrected chi connectivity index (χ2v) is 2.86. The SMILES string of the molecule is CC.CCCC.Cc1ccccc1N. The van der Waals surface area contributed by atoms with Crippen molar-refractivity contribution in [1.29, 1.82) is 0 Å². The highest BCUT2D eigenvalue weighted by molar-refractivity contribution is 5.44. The minimum absolute atomic E-state index is 0.868. The van der Waals surface area contributed by atoms with E-state index in [1.807, 2.05) is 45.0 Å². The van der Waals surface area contributed by atoms with Crippen molar-refractivity contribution in [2.45, 2.75) is 47.5 Å². The molecular formula is C13H25N. The van der Waals surface area contributed by atoms with Gasteiger partial charge in [0.05, 0.1) is 0 Å². The van der Waals surface area contributed by atoms with Crippen LogP contribution in [0, 0.1) is 6.92 Å². The normalized spacial score (nSPS) is 7.79. The molecule has 0 aliphatic heterocycles. The number of nitrogen functional groups attached to an aromatic ring is 1. The maximum atomic E-state index is 5.52. The number of rotatable bonds is 1. The molecule has 1 aromatic carbocycles. The first-order valence-corrected chi connectivity index (χ1v) is 5.53. The molecule has 1 rings (SSSR count). The number of hydrogen-bond acceptors (Lipinski definition) is 1. The number of anilines is 1. The Balaban J connectivity index is 0. The van der Waals surface area contributed by atoms with Crippen molar-refractivity contribution in [2.24, 2.45) is 0 Å². The van der Waals surface area contributed by atoms with Gasteiger partial charge in [-0.2, -0.15) is 0 Å². The lowest BCUT2D eigenvalue weighted by atomic mass is 10.2. The van der Waals surface area contributed by atoms with E-state index in [0.717, 1.165) is 11.3 Å². The molecule has 1 aromatic rings. The number of unbranched alkanes of at least 4 members (excludes halogenated alkanes) is 1. The predicted molar refractivity (Wildman–Crippen MR) is 67.5 cm³/mol. The monoisotopic (exact) mass is 195 g/mol. The highest BCUT2D eigenvalue weighted by atomic mass is 14.5. The van der Waals surface area contributed by atoms with Crippen LogP contribution in [-0.2, 0) is 0 Å². The first-order valence-electron chi connectivity index (χ1n) is 5.53. The number of aryl methyl sites for hydroxylation is 1. The lowest BCUT2D eigenvalue weighted by Gasteiger charge is -1.93. The molecule has 82 valence electrons. The Hall–Kier alpha value is -0.980. The van der Waals surface area contributed by atoms with Gasteiger partial charge >= 0.3 is 0 Å². The second kappa shape index (κ2) is 12.0. The fourth-order valence-corrected chi connectivity index (χ4v) is 0.587. The zero-order valence-electron chi connectivity index (χ0n) is 10.3. The summed E-state index contributed by atoms with van der Waals surface area (Å²) in [5.41, 5.74) is 7.53. The van der Waals surface area contributed by atoms with Crippen LogP contribution in [0.2, 0.25) is 0 Å². The van der Waals surface area contributed by atoms with Gasteiger partial charge in [0.25, 0.3) is 0 Å². The average Bonchev–Trinajstić information content (AvgIpc) is 2.26. The van der Waals surface area contributed by atoms with Crippen molar-refractivity contribution in [3.8, 4) is 0 Å². The van der Waals surface area contributed by atoms with Crippen LogP contribution in [0.15, 0.2) is 24.3 Å². The number of hydrogen-bond donors (Lipinski definition) is 1. The minimum atomic E-state index is 0.868. The van der Waals surface area contributed by atoms with Gasteiger partial charge in [-0.3, -0.25) is 0 Å². The molecule has 0 saturated heterocycles. The summed E-state index contributed by atoms with van der Waals surface area (Å²) in [6.07, 6.45) is 2.64. The quantitative estimate of drug-likeness (QED) is 0.660. The van der Waals surface area contributed by atoms with Crippen LogP contribution in [0.25, 0.3) is 0 Å². The van der Waals surface area contributed by atoms with E-state index in [0.29, 0.717) is 0 Å². The average molecular weight is 195 g/mol. The fraction of sp³-hybridized carbons (Fsp3) is 0.538. The van der Waals surface area contributed by atoms with Gasteiger partial charge in [0.1, 0.15) is 0 Å². The maximum absolute atomic E-state index is 5.52. The number of nitrogens with two attached hydrogens (primary N) is 1. The molecule has 0 amide bonds. The third-order valence-electron chi connectivity index (χ3n) is 1.69. The smallest absolute Gasteiger partial charge is 0.0343 e. The van der Waals surface area contributed by atoms with Gasteiger partial charge in [-0.15, -0.1) is 0 Å². The Bertz CT molecular complexity index is 183. The lowest BCUT2D eigenvalue weighted by Crippen LogP contribution is -1.85. The van der Waals surface area contributed by atoms with Gasteiger partial charge < -0.3 is 5.73 Å². The number of benzene rings is 1. The molecular weight excluding hydrogens is 170 g/mol. The summed E-state index contributed by atoms with van der Waals surface area (Å²) >= 11 is 0. The lowest BCUT2D eigenvalue weighted by molar-refractivity contribution is 0.886. The third kappa shape index (κ3) is 9.11. The molecule has 0 radical (unpaired) electrons. The van der Waals surface area contributed by atoms with Crippen LogP contribution in [0.4, 0.5) is 5.69 Å². The summed E-state index contributed by atoms with van der Waals surface area (Å²) in [5.74, 6) is 0. The van der Waals surface area contributed by atoms with E-state index in [9.17, 15) is 0 Å². The Morgan fingerprint density at radius 2 is 1.43 bits per heavy atom. The molecule has 0 aromatic heterocycles. The van der Waals surface area contributed by atoms with Crippen molar-refractivity contribution >= 4 is 5.69 Å². The van der Waals surface area contributed by atoms with Gasteiger partial charge in [-0.05, 0) is 18.6 Å². The summed E-state index contributed by atoms with van der Waals surface area (Å²) in [6, 6.07) is 7.80. The van der Waals surface area contributed by atoms with Gasteiger partial charge in [-0.1, -0.05) is 58.7 Å². The summed E-state index contributed by atoms with van der Waals surface area (Å²) < 4.78 is 0. The zero-order chi connectivity index (χ0) is 11.4. The topological polar surface area (TPSA) is 26.0 Å². The highest BCUT2D eigenvalue weighted by Gasteiger charge is 1.84. The molecule has 1 nitrogen and oxygen atoms in total.